The van der Waals surface area contributed by atoms with Crippen molar-refractivity contribution in [1.29, 1.82) is 0 Å². The molecule has 0 unspecified atom stereocenters. The predicted octanol–water partition coefficient (Wildman–Crippen LogP) is 4.36. The number of nitrogens with one attached hydrogen (secondary N) is 1. The Bertz CT molecular complexity index is 607. The Balaban J connectivity index is 2.32. The summed E-state index contributed by atoms with van der Waals surface area (Å²) in [5, 5.41) is 0. The fraction of sp³-hybridized carbons (Fsp3) is 0.417. The maximum absolute atomic E-state index is 5.44. The zero-order chi connectivity index (χ0) is 11.3. The zero-order valence-corrected chi connectivity index (χ0v) is 11.5. The van der Waals surface area contributed by atoms with Crippen LogP contribution >= 0.6 is 28.1 Å². The first-order valence-electron chi connectivity index (χ1n) is 5.51. The molecule has 2 nitrogen and oxygen atoms in total. The van der Waals surface area contributed by atoms with Gasteiger partial charge in [-0.25, -0.2) is 0 Å². The summed E-state index contributed by atoms with van der Waals surface area (Å²) in [4.78, 5) is 3.29. The van der Waals surface area contributed by atoms with Crippen molar-refractivity contribution in [1.82, 2.24) is 9.55 Å². The van der Waals surface area contributed by atoms with Gasteiger partial charge in [-0.3, -0.25) is 0 Å². The van der Waals surface area contributed by atoms with Crippen molar-refractivity contribution in [3.8, 4) is 0 Å². The van der Waals surface area contributed by atoms with Crippen LogP contribution < -0.4 is 0 Å². The van der Waals surface area contributed by atoms with Gasteiger partial charge in [0.1, 0.15) is 0 Å². The lowest BCUT2D eigenvalue weighted by molar-refractivity contribution is 0.172. The number of benzene rings is 1. The molecule has 4 heteroatoms. The summed E-state index contributed by atoms with van der Waals surface area (Å²) in [5.41, 5.74) is 2.56. The van der Waals surface area contributed by atoms with Crippen molar-refractivity contribution < 1.29 is 0 Å². The van der Waals surface area contributed by atoms with E-state index in [4.69, 9.17) is 12.2 Å². The SMILES string of the molecule is CC1(n2c(=S)[nH]c3cc(Br)ccc32)CCC1. The number of halogens is 1. The normalized spacial score (nSPS) is 18.6. The van der Waals surface area contributed by atoms with Gasteiger partial charge in [-0.1, -0.05) is 15.9 Å². The minimum atomic E-state index is 0.225. The van der Waals surface area contributed by atoms with Gasteiger partial charge in [-0.15, -0.1) is 0 Å². The summed E-state index contributed by atoms with van der Waals surface area (Å²) in [6.07, 6.45) is 3.76. The molecule has 16 heavy (non-hydrogen) atoms. The van der Waals surface area contributed by atoms with Crippen LogP contribution in [0.1, 0.15) is 26.2 Å². The third-order valence-electron chi connectivity index (χ3n) is 3.61. The van der Waals surface area contributed by atoms with Crippen LogP contribution in [0.5, 0.6) is 0 Å². The van der Waals surface area contributed by atoms with Gasteiger partial charge in [-0.2, -0.15) is 0 Å². The lowest BCUT2D eigenvalue weighted by atomic mass is 9.78. The summed E-state index contributed by atoms with van der Waals surface area (Å²) < 4.78 is 4.21. The second kappa shape index (κ2) is 3.44. The molecular formula is C12H13BrN2S. The van der Waals surface area contributed by atoms with E-state index in [1.165, 1.54) is 24.8 Å². The van der Waals surface area contributed by atoms with Crippen molar-refractivity contribution >= 4 is 39.2 Å². The van der Waals surface area contributed by atoms with Gasteiger partial charge in [0.25, 0.3) is 0 Å². The van der Waals surface area contributed by atoms with Gasteiger partial charge in [-0.05, 0) is 56.6 Å². The molecular weight excluding hydrogens is 284 g/mol. The average molecular weight is 297 g/mol. The van der Waals surface area contributed by atoms with Crippen molar-refractivity contribution in [3.63, 3.8) is 0 Å². The molecule has 0 atom stereocenters. The van der Waals surface area contributed by atoms with Crippen molar-refractivity contribution in [2.45, 2.75) is 31.7 Å². The van der Waals surface area contributed by atoms with E-state index >= 15 is 0 Å². The summed E-state index contributed by atoms with van der Waals surface area (Å²) >= 11 is 8.92. The van der Waals surface area contributed by atoms with E-state index in [1.807, 2.05) is 0 Å². The number of nitrogens with zero attached hydrogens (tertiary/aromatic N) is 1. The van der Waals surface area contributed by atoms with Crippen LogP contribution in [0.15, 0.2) is 22.7 Å². The molecule has 2 aromatic rings. The molecule has 0 radical (unpaired) electrons. The summed E-state index contributed by atoms with van der Waals surface area (Å²) in [7, 11) is 0. The Morgan fingerprint density at radius 2 is 2.19 bits per heavy atom. The predicted molar refractivity (Wildman–Crippen MR) is 72.3 cm³/mol. The highest BCUT2D eigenvalue weighted by Gasteiger charge is 2.35. The molecule has 3 rings (SSSR count). The van der Waals surface area contributed by atoms with E-state index in [9.17, 15) is 0 Å². The van der Waals surface area contributed by atoms with E-state index in [1.54, 1.807) is 0 Å². The highest BCUT2D eigenvalue weighted by atomic mass is 79.9. The first kappa shape index (κ1) is 10.5. The number of rotatable bonds is 1. The fourth-order valence-corrected chi connectivity index (χ4v) is 3.32. The highest BCUT2D eigenvalue weighted by molar-refractivity contribution is 9.10. The van der Waals surface area contributed by atoms with Gasteiger partial charge in [0.2, 0.25) is 0 Å². The van der Waals surface area contributed by atoms with Crippen LogP contribution in [0.4, 0.5) is 0 Å². The first-order valence-corrected chi connectivity index (χ1v) is 6.71. The van der Waals surface area contributed by atoms with E-state index in [-0.39, 0.29) is 5.54 Å². The van der Waals surface area contributed by atoms with Gasteiger partial charge >= 0.3 is 0 Å². The Kier molecular flexibility index (Phi) is 2.27. The minimum absolute atomic E-state index is 0.225. The number of aromatic nitrogens is 2. The van der Waals surface area contributed by atoms with E-state index in [0.29, 0.717) is 0 Å². The maximum Gasteiger partial charge on any atom is 0.178 e. The molecule has 1 aromatic carbocycles. The Morgan fingerprint density at radius 3 is 2.81 bits per heavy atom. The third kappa shape index (κ3) is 1.39. The summed E-state index contributed by atoms with van der Waals surface area (Å²) in [6, 6.07) is 6.29. The zero-order valence-electron chi connectivity index (χ0n) is 9.09. The smallest absolute Gasteiger partial charge is 0.178 e. The molecule has 1 N–H and O–H groups in total. The van der Waals surface area contributed by atoms with E-state index < -0.39 is 0 Å². The van der Waals surface area contributed by atoms with Crippen molar-refractivity contribution in [2.75, 3.05) is 0 Å². The van der Waals surface area contributed by atoms with Gasteiger partial charge in [0.15, 0.2) is 4.77 Å². The molecule has 0 spiro atoms. The van der Waals surface area contributed by atoms with Crippen LogP contribution in [-0.2, 0) is 5.54 Å². The Labute approximate surface area is 108 Å². The number of H-pyrrole nitrogens is 1. The van der Waals surface area contributed by atoms with Crippen LogP contribution in [0.3, 0.4) is 0 Å². The van der Waals surface area contributed by atoms with E-state index in [2.05, 4.69) is 50.6 Å². The molecule has 1 aliphatic rings. The van der Waals surface area contributed by atoms with Gasteiger partial charge < -0.3 is 9.55 Å². The third-order valence-corrected chi connectivity index (χ3v) is 4.39. The van der Waals surface area contributed by atoms with Crippen LogP contribution in [0, 0.1) is 4.77 Å². The highest BCUT2D eigenvalue weighted by Crippen LogP contribution is 2.41. The number of fused-ring (bicyclic) bond motifs is 1. The standard InChI is InChI=1S/C12H13BrN2S/c1-12(5-2-6-12)15-10-4-3-8(13)7-9(10)14-11(15)16/h3-4,7H,2,5-6H2,1H3,(H,14,16). The molecule has 84 valence electrons. The number of imidazole rings is 1. The summed E-state index contributed by atoms with van der Waals surface area (Å²) in [6.45, 7) is 2.29. The largest absolute Gasteiger partial charge is 0.331 e. The van der Waals surface area contributed by atoms with Crippen molar-refractivity contribution in [3.05, 3.63) is 27.4 Å². The molecule has 1 aromatic heterocycles. The van der Waals surface area contributed by atoms with Gasteiger partial charge in [0.05, 0.1) is 11.0 Å². The number of aromatic amines is 1. The second-order valence-electron chi connectivity index (χ2n) is 4.78. The topological polar surface area (TPSA) is 20.7 Å². The van der Waals surface area contributed by atoms with E-state index in [0.717, 1.165) is 14.8 Å². The van der Waals surface area contributed by atoms with Crippen LogP contribution in [0.25, 0.3) is 11.0 Å². The number of hydrogen-bond donors (Lipinski definition) is 1. The van der Waals surface area contributed by atoms with Crippen LogP contribution in [-0.4, -0.2) is 9.55 Å². The molecule has 0 bridgehead atoms. The molecule has 1 heterocycles. The maximum atomic E-state index is 5.44. The molecule has 0 amide bonds. The quantitative estimate of drug-likeness (QED) is 0.776. The molecule has 1 fully saturated rings. The monoisotopic (exact) mass is 296 g/mol. The van der Waals surface area contributed by atoms with Crippen LogP contribution in [0.2, 0.25) is 0 Å². The lowest BCUT2D eigenvalue weighted by Crippen LogP contribution is -2.37. The molecule has 1 saturated carbocycles. The fourth-order valence-electron chi connectivity index (χ4n) is 2.53. The Morgan fingerprint density at radius 1 is 1.44 bits per heavy atom. The second-order valence-corrected chi connectivity index (χ2v) is 6.08. The Hall–Kier alpha value is -0.610. The molecule has 0 saturated heterocycles. The number of hydrogen-bond acceptors (Lipinski definition) is 1. The lowest BCUT2D eigenvalue weighted by Gasteiger charge is -2.40. The molecule has 0 aliphatic heterocycles. The first-order chi connectivity index (χ1) is 7.60. The van der Waals surface area contributed by atoms with Crippen molar-refractivity contribution in [2.24, 2.45) is 0 Å². The average Bonchev–Trinajstić information content (AvgIpc) is 2.50. The van der Waals surface area contributed by atoms with Gasteiger partial charge in [0, 0.05) is 10.0 Å². The molecule has 1 aliphatic carbocycles. The minimum Gasteiger partial charge on any atom is -0.331 e. The summed E-state index contributed by atoms with van der Waals surface area (Å²) in [5.74, 6) is 0.